The summed E-state index contributed by atoms with van der Waals surface area (Å²) >= 11 is 0. The predicted molar refractivity (Wildman–Crippen MR) is 69.8 cm³/mol. The third-order valence-electron chi connectivity index (χ3n) is 2.76. The Morgan fingerprint density at radius 3 is 2.29 bits per heavy atom. The highest BCUT2D eigenvalue weighted by molar-refractivity contribution is 5.52. The number of nitriles is 1. The summed E-state index contributed by atoms with van der Waals surface area (Å²) in [5.74, 6) is 0.882. The number of aryl methyl sites for hydroxylation is 2. The van der Waals surface area contributed by atoms with E-state index in [0.717, 1.165) is 22.6 Å². The monoisotopic (exact) mass is 232 g/mol. The van der Waals surface area contributed by atoms with Crippen molar-refractivity contribution in [2.75, 3.05) is 12.3 Å². The van der Waals surface area contributed by atoms with Gasteiger partial charge in [0, 0.05) is 5.69 Å². The van der Waals surface area contributed by atoms with Gasteiger partial charge < -0.3 is 10.5 Å². The Morgan fingerprint density at radius 1 is 1.29 bits per heavy atom. The van der Waals surface area contributed by atoms with E-state index in [1.807, 2.05) is 39.8 Å². The Morgan fingerprint density at radius 2 is 1.82 bits per heavy atom. The van der Waals surface area contributed by atoms with Gasteiger partial charge in [-0.05, 0) is 57.4 Å². The smallest absolute Gasteiger partial charge is 0.125 e. The van der Waals surface area contributed by atoms with Crippen LogP contribution >= 0.6 is 0 Å². The Kier molecular flexibility index (Phi) is 4.01. The maximum Gasteiger partial charge on any atom is 0.125 e. The fourth-order valence-corrected chi connectivity index (χ4v) is 1.68. The zero-order valence-electron chi connectivity index (χ0n) is 11.0. The van der Waals surface area contributed by atoms with Crippen LogP contribution in [0.4, 0.5) is 5.69 Å². The van der Waals surface area contributed by atoms with E-state index in [2.05, 4.69) is 6.07 Å². The van der Waals surface area contributed by atoms with Crippen molar-refractivity contribution in [1.29, 1.82) is 5.26 Å². The molecule has 17 heavy (non-hydrogen) atoms. The van der Waals surface area contributed by atoms with E-state index in [1.54, 1.807) is 0 Å². The maximum atomic E-state index is 8.91. The van der Waals surface area contributed by atoms with E-state index in [0.29, 0.717) is 13.0 Å². The average molecular weight is 232 g/mol. The molecule has 0 saturated carbocycles. The van der Waals surface area contributed by atoms with E-state index in [9.17, 15) is 0 Å². The zero-order chi connectivity index (χ0) is 13.1. The zero-order valence-corrected chi connectivity index (χ0v) is 11.0. The first kappa shape index (κ1) is 13.4. The molecular weight excluding hydrogens is 212 g/mol. The van der Waals surface area contributed by atoms with E-state index in [-0.39, 0.29) is 5.41 Å². The Balaban J connectivity index is 2.68. The maximum absolute atomic E-state index is 8.91. The minimum atomic E-state index is -0.338. The number of hydrogen-bond donors (Lipinski definition) is 1. The first-order valence-electron chi connectivity index (χ1n) is 5.76. The number of ether oxygens (including phenoxy) is 1. The molecule has 0 aromatic heterocycles. The van der Waals surface area contributed by atoms with Crippen LogP contribution in [0.1, 0.15) is 31.4 Å². The first-order valence-corrected chi connectivity index (χ1v) is 5.76. The number of anilines is 1. The van der Waals surface area contributed by atoms with Gasteiger partial charge in [-0.25, -0.2) is 0 Å². The van der Waals surface area contributed by atoms with Crippen LogP contribution in [0.5, 0.6) is 5.75 Å². The van der Waals surface area contributed by atoms with Gasteiger partial charge in [-0.3, -0.25) is 0 Å². The molecule has 0 aliphatic heterocycles. The summed E-state index contributed by atoms with van der Waals surface area (Å²) < 4.78 is 5.75. The van der Waals surface area contributed by atoms with Gasteiger partial charge in [0.25, 0.3) is 0 Å². The predicted octanol–water partition coefficient (Wildman–Crippen LogP) is 3.20. The lowest BCUT2D eigenvalue weighted by Crippen LogP contribution is -2.13. The minimum Gasteiger partial charge on any atom is -0.493 e. The SMILES string of the molecule is Cc1cc(N)cc(C)c1OCCC(C)(C)C#N. The van der Waals surface area contributed by atoms with Crippen LogP contribution in [-0.2, 0) is 0 Å². The van der Waals surface area contributed by atoms with Gasteiger partial charge in [0.05, 0.1) is 18.1 Å². The standard InChI is InChI=1S/C14H20N2O/c1-10-7-12(16)8-11(2)13(10)17-6-5-14(3,4)9-15/h7-8H,5-6,16H2,1-4H3. The molecule has 0 aliphatic rings. The van der Waals surface area contributed by atoms with Crippen molar-refractivity contribution in [2.24, 2.45) is 5.41 Å². The molecule has 0 amide bonds. The fourth-order valence-electron chi connectivity index (χ4n) is 1.68. The number of nitrogens with two attached hydrogens (primary N) is 1. The molecule has 0 unspecified atom stereocenters. The van der Waals surface area contributed by atoms with Crippen molar-refractivity contribution in [3.8, 4) is 11.8 Å². The molecule has 1 rings (SSSR count). The van der Waals surface area contributed by atoms with E-state index < -0.39 is 0 Å². The molecule has 0 spiro atoms. The van der Waals surface area contributed by atoms with Crippen LogP contribution in [0.2, 0.25) is 0 Å². The van der Waals surface area contributed by atoms with Gasteiger partial charge in [-0.15, -0.1) is 0 Å². The molecule has 0 aliphatic carbocycles. The lowest BCUT2D eigenvalue weighted by molar-refractivity contribution is 0.261. The van der Waals surface area contributed by atoms with Crippen LogP contribution in [0.3, 0.4) is 0 Å². The van der Waals surface area contributed by atoms with Crippen molar-refractivity contribution in [2.45, 2.75) is 34.1 Å². The molecule has 0 bridgehead atoms. The lowest BCUT2D eigenvalue weighted by Gasteiger charge is -2.17. The molecule has 1 aromatic carbocycles. The van der Waals surface area contributed by atoms with Crippen LogP contribution < -0.4 is 10.5 Å². The molecule has 0 radical (unpaired) electrons. The summed E-state index contributed by atoms with van der Waals surface area (Å²) in [4.78, 5) is 0. The average Bonchev–Trinajstić information content (AvgIpc) is 2.22. The molecule has 0 fully saturated rings. The summed E-state index contributed by atoms with van der Waals surface area (Å²) in [6.45, 7) is 8.34. The fraction of sp³-hybridized carbons (Fsp3) is 0.500. The topological polar surface area (TPSA) is 59.0 Å². The van der Waals surface area contributed by atoms with E-state index in [4.69, 9.17) is 15.7 Å². The normalized spacial score (nSPS) is 11.0. The van der Waals surface area contributed by atoms with Gasteiger partial charge in [-0.2, -0.15) is 5.26 Å². The second-order valence-corrected chi connectivity index (χ2v) is 5.08. The van der Waals surface area contributed by atoms with Gasteiger partial charge >= 0.3 is 0 Å². The first-order chi connectivity index (χ1) is 7.85. The summed E-state index contributed by atoms with van der Waals surface area (Å²) in [7, 11) is 0. The molecular formula is C14H20N2O. The third kappa shape index (κ3) is 3.67. The van der Waals surface area contributed by atoms with Gasteiger partial charge in [0.15, 0.2) is 0 Å². The van der Waals surface area contributed by atoms with Crippen LogP contribution in [0, 0.1) is 30.6 Å². The molecule has 0 heterocycles. The van der Waals surface area contributed by atoms with E-state index in [1.165, 1.54) is 0 Å². The Bertz CT molecular complexity index is 421. The van der Waals surface area contributed by atoms with Gasteiger partial charge in [-0.1, -0.05) is 0 Å². The molecule has 0 saturated heterocycles. The molecule has 92 valence electrons. The van der Waals surface area contributed by atoms with Crippen molar-refractivity contribution < 1.29 is 4.74 Å². The highest BCUT2D eigenvalue weighted by Crippen LogP contribution is 2.27. The highest BCUT2D eigenvalue weighted by atomic mass is 16.5. The quantitative estimate of drug-likeness (QED) is 0.811. The second kappa shape index (κ2) is 5.09. The van der Waals surface area contributed by atoms with Gasteiger partial charge in [0.1, 0.15) is 5.75 Å². The number of nitrogen functional groups attached to an aromatic ring is 1. The van der Waals surface area contributed by atoms with Gasteiger partial charge in [0.2, 0.25) is 0 Å². The van der Waals surface area contributed by atoms with E-state index >= 15 is 0 Å². The molecule has 2 N–H and O–H groups in total. The largest absolute Gasteiger partial charge is 0.493 e. The number of rotatable bonds is 4. The number of benzene rings is 1. The molecule has 3 heteroatoms. The second-order valence-electron chi connectivity index (χ2n) is 5.08. The molecule has 1 aromatic rings. The number of hydrogen-bond acceptors (Lipinski definition) is 3. The third-order valence-corrected chi connectivity index (χ3v) is 2.76. The summed E-state index contributed by atoms with van der Waals surface area (Å²) in [6.07, 6.45) is 0.715. The Hall–Kier alpha value is -1.69. The van der Waals surface area contributed by atoms with Crippen molar-refractivity contribution in [1.82, 2.24) is 0 Å². The summed E-state index contributed by atoms with van der Waals surface area (Å²) in [5, 5.41) is 8.91. The summed E-state index contributed by atoms with van der Waals surface area (Å²) in [6, 6.07) is 6.07. The number of nitrogens with zero attached hydrogens (tertiary/aromatic N) is 1. The molecule has 0 atom stereocenters. The van der Waals surface area contributed by atoms with Crippen LogP contribution in [-0.4, -0.2) is 6.61 Å². The highest BCUT2D eigenvalue weighted by Gasteiger charge is 2.17. The minimum absolute atomic E-state index is 0.338. The lowest BCUT2D eigenvalue weighted by atomic mass is 9.92. The van der Waals surface area contributed by atoms with Crippen LogP contribution in [0.15, 0.2) is 12.1 Å². The van der Waals surface area contributed by atoms with Crippen molar-refractivity contribution in [3.05, 3.63) is 23.3 Å². The van der Waals surface area contributed by atoms with Crippen molar-refractivity contribution in [3.63, 3.8) is 0 Å². The van der Waals surface area contributed by atoms with Crippen molar-refractivity contribution >= 4 is 5.69 Å². The summed E-state index contributed by atoms with van der Waals surface area (Å²) in [5.41, 5.74) is 8.24. The Labute approximate surface area is 103 Å². The molecule has 3 nitrogen and oxygen atoms in total. The van der Waals surface area contributed by atoms with Crippen LogP contribution in [0.25, 0.3) is 0 Å².